The summed E-state index contributed by atoms with van der Waals surface area (Å²) < 4.78 is 18.5. The van der Waals surface area contributed by atoms with E-state index in [1.807, 2.05) is 6.92 Å². The van der Waals surface area contributed by atoms with Crippen molar-refractivity contribution >= 4 is 0 Å². The molecule has 0 heterocycles. The maximum Gasteiger partial charge on any atom is 0.165 e. The van der Waals surface area contributed by atoms with Gasteiger partial charge in [-0.25, -0.2) is 4.39 Å². The molecule has 0 aliphatic rings. The fourth-order valence-electron chi connectivity index (χ4n) is 1.41. The summed E-state index contributed by atoms with van der Waals surface area (Å²) in [7, 11) is 1.75. The number of para-hydroxylation sites is 1. The Labute approximate surface area is 101 Å². The predicted octanol–water partition coefficient (Wildman–Crippen LogP) is 2.49. The molecule has 1 unspecified atom stereocenters. The first-order valence-electron chi connectivity index (χ1n) is 5.59. The molecular formula is C13H17FN2O. The van der Waals surface area contributed by atoms with E-state index in [9.17, 15) is 4.39 Å². The van der Waals surface area contributed by atoms with Crippen molar-refractivity contribution in [2.24, 2.45) is 0 Å². The van der Waals surface area contributed by atoms with Gasteiger partial charge in [0.1, 0.15) is 5.54 Å². The van der Waals surface area contributed by atoms with Gasteiger partial charge in [-0.3, -0.25) is 0 Å². The van der Waals surface area contributed by atoms with Crippen LogP contribution in [0.15, 0.2) is 24.3 Å². The molecule has 17 heavy (non-hydrogen) atoms. The van der Waals surface area contributed by atoms with Crippen LogP contribution < -0.4 is 10.1 Å². The molecule has 1 atom stereocenters. The third-order valence-corrected chi connectivity index (χ3v) is 2.71. The van der Waals surface area contributed by atoms with Crippen molar-refractivity contribution in [2.75, 3.05) is 13.7 Å². The predicted molar refractivity (Wildman–Crippen MR) is 64.2 cm³/mol. The molecule has 0 amide bonds. The highest BCUT2D eigenvalue weighted by Gasteiger charge is 2.20. The average Bonchev–Trinajstić information content (AvgIpc) is 2.36. The lowest BCUT2D eigenvalue weighted by Gasteiger charge is -2.20. The van der Waals surface area contributed by atoms with Crippen molar-refractivity contribution in [1.29, 1.82) is 5.26 Å². The van der Waals surface area contributed by atoms with E-state index in [1.54, 1.807) is 25.2 Å². The van der Waals surface area contributed by atoms with E-state index < -0.39 is 5.54 Å². The third kappa shape index (κ3) is 4.04. The second kappa shape index (κ2) is 6.21. The number of nitrogens with zero attached hydrogens (tertiary/aromatic N) is 1. The summed E-state index contributed by atoms with van der Waals surface area (Å²) >= 11 is 0. The summed E-state index contributed by atoms with van der Waals surface area (Å²) in [4.78, 5) is 0. The zero-order valence-electron chi connectivity index (χ0n) is 10.2. The van der Waals surface area contributed by atoms with Crippen LogP contribution in [0.5, 0.6) is 5.75 Å². The van der Waals surface area contributed by atoms with Gasteiger partial charge in [-0.1, -0.05) is 12.1 Å². The van der Waals surface area contributed by atoms with Crippen LogP contribution in [0.25, 0.3) is 0 Å². The van der Waals surface area contributed by atoms with Crippen molar-refractivity contribution in [3.8, 4) is 11.8 Å². The summed E-state index contributed by atoms with van der Waals surface area (Å²) in [6, 6.07) is 8.50. The second-order valence-corrected chi connectivity index (χ2v) is 4.08. The van der Waals surface area contributed by atoms with Gasteiger partial charge in [-0.05, 0) is 38.9 Å². The summed E-state index contributed by atoms with van der Waals surface area (Å²) in [5.41, 5.74) is -0.543. The third-order valence-electron chi connectivity index (χ3n) is 2.71. The first-order chi connectivity index (χ1) is 8.11. The molecule has 0 saturated carbocycles. The smallest absolute Gasteiger partial charge is 0.165 e. The number of benzene rings is 1. The summed E-state index contributed by atoms with van der Waals surface area (Å²) in [5, 5.41) is 11.9. The Hall–Kier alpha value is -1.60. The van der Waals surface area contributed by atoms with Crippen LogP contribution in [0.4, 0.5) is 4.39 Å². The molecule has 1 aromatic carbocycles. The van der Waals surface area contributed by atoms with Gasteiger partial charge in [0.15, 0.2) is 11.6 Å². The van der Waals surface area contributed by atoms with E-state index in [-0.39, 0.29) is 11.6 Å². The van der Waals surface area contributed by atoms with Crippen molar-refractivity contribution in [2.45, 2.75) is 25.3 Å². The van der Waals surface area contributed by atoms with Crippen LogP contribution >= 0.6 is 0 Å². The highest BCUT2D eigenvalue weighted by Crippen LogP contribution is 2.16. The SMILES string of the molecule is CNC(C)(C#N)CCCOc1ccccc1F. The van der Waals surface area contributed by atoms with Crippen LogP contribution in [-0.2, 0) is 0 Å². The molecule has 0 aliphatic heterocycles. The Balaban J connectivity index is 2.35. The fourth-order valence-corrected chi connectivity index (χ4v) is 1.41. The lowest BCUT2D eigenvalue weighted by molar-refractivity contribution is 0.277. The number of hydrogen-bond acceptors (Lipinski definition) is 3. The van der Waals surface area contributed by atoms with Gasteiger partial charge in [0, 0.05) is 0 Å². The van der Waals surface area contributed by atoms with E-state index in [4.69, 9.17) is 10.00 Å². The van der Waals surface area contributed by atoms with E-state index in [2.05, 4.69) is 11.4 Å². The van der Waals surface area contributed by atoms with Gasteiger partial charge in [-0.15, -0.1) is 0 Å². The van der Waals surface area contributed by atoms with E-state index in [0.29, 0.717) is 19.4 Å². The molecule has 0 saturated heterocycles. The van der Waals surface area contributed by atoms with E-state index in [0.717, 1.165) is 0 Å². The second-order valence-electron chi connectivity index (χ2n) is 4.08. The monoisotopic (exact) mass is 236 g/mol. The minimum atomic E-state index is -0.543. The Morgan fingerprint density at radius 2 is 2.18 bits per heavy atom. The Kier molecular flexibility index (Phi) is 4.92. The van der Waals surface area contributed by atoms with Gasteiger partial charge in [0.25, 0.3) is 0 Å². The first kappa shape index (κ1) is 13.5. The van der Waals surface area contributed by atoms with E-state index in [1.165, 1.54) is 6.07 Å². The maximum atomic E-state index is 13.2. The van der Waals surface area contributed by atoms with E-state index >= 15 is 0 Å². The number of rotatable bonds is 6. The summed E-state index contributed by atoms with van der Waals surface area (Å²) in [6.07, 6.45) is 1.35. The number of nitriles is 1. The standard InChI is InChI=1S/C13H17FN2O/c1-13(10-15,16-2)8-5-9-17-12-7-4-3-6-11(12)14/h3-4,6-7,16H,5,8-9H2,1-2H3. The van der Waals surface area contributed by atoms with Gasteiger partial charge in [0.05, 0.1) is 12.7 Å². The normalized spacial score (nSPS) is 13.8. The minimum absolute atomic E-state index is 0.260. The highest BCUT2D eigenvalue weighted by molar-refractivity contribution is 5.23. The molecule has 4 heteroatoms. The molecule has 3 nitrogen and oxygen atoms in total. The van der Waals surface area contributed by atoms with Crippen LogP contribution in [0.1, 0.15) is 19.8 Å². The summed E-state index contributed by atoms with van der Waals surface area (Å²) in [5.74, 6) is -0.0974. The van der Waals surface area contributed by atoms with Gasteiger partial charge >= 0.3 is 0 Å². The molecule has 92 valence electrons. The zero-order valence-corrected chi connectivity index (χ0v) is 10.2. The molecular weight excluding hydrogens is 219 g/mol. The Morgan fingerprint density at radius 3 is 2.76 bits per heavy atom. The molecule has 0 aliphatic carbocycles. The van der Waals surface area contributed by atoms with Crippen molar-refractivity contribution in [3.63, 3.8) is 0 Å². The van der Waals surface area contributed by atoms with Crippen molar-refractivity contribution in [3.05, 3.63) is 30.1 Å². The van der Waals surface area contributed by atoms with Gasteiger partial charge < -0.3 is 10.1 Å². The van der Waals surface area contributed by atoms with Crippen LogP contribution in [0.2, 0.25) is 0 Å². The van der Waals surface area contributed by atoms with Crippen LogP contribution in [0.3, 0.4) is 0 Å². The topological polar surface area (TPSA) is 45.0 Å². The van der Waals surface area contributed by atoms with Crippen molar-refractivity contribution < 1.29 is 9.13 Å². The minimum Gasteiger partial charge on any atom is -0.491 e. The molecule has 1 rings (SSSR count). The largest absolute Gasteiger partial charge is 0.491 e. The number of hydrogen-bond donors (Lipinski definition) is 1. The number of ether oxygens (including phenoxy) is 1. The average molecular weight is 236 g/mol. The molecule has 0 spiro atoms. The fraction of sp³-hybridized carbons (Fsp3) is 0.462. The highest BCUT2D eigenvalue weighted by atomic mass is 19.1. The maximum absolute atomic E-state index is 13.2. The molecule has 1 aromatic rings. The molecule has 0 radical (unpaired) electrons. The van der Waals surface area contributed by atoms with Gasteiger partial charge in [-0.2, -0.15) is 5.26 Å². The Bertz CT molecular complexity index is 403. The van der Waals surface area contributed by atoms with Gasteiger partial charge in [0.2, 0.25) is 0 Å². The summed E-state index contributed by atoms with van der Waals surface area (Å²) in [6.45, 7) is 2.23. The molecule has 0 aromatic heterocycles. The quantitative estimate of drug-likeness (QED) is 0.772. The molecule has 0 fully saturated rings. The number of nitrogens with one attached hydrogen (secondary N) is 1. The molecule has 1 N–H and O–H groups in total. The van der Waals surface area contributed by atoms with Crippen molar-refractivity contribution in [1.82, 2.24) is 5.32 Å². The first-order valence-corrected chi connectivity index (χ1v) is 5.59. The molecule has 0 bridgehead atoms. The lowest BCUT2D eigenvalue weighted by Crippen LogP contribution is -2.38. The lowest BCUT2D eigenvalue weighted by atomic mass is 9.98. The van der Waals surface area contributed by atoms with Crippen LogP contribution in [-0.4, -0.2) is 19.2 Å². The zero-order chi connectivity index (χ0) is 12.7. The number of halogens is 1. The Morgan fingerprint density at radius 1 is 1.47 bits per heavy atom. The van der Waals surface area contributed by atoms with Crippen LogP contribution in [0, 0.1) is 17.1 Å².